The van der Waals surface area contributed by atoms with Crippen molar-refractivity contribution in [3.8, 4) is 5.75 Å². The van der Waals surface area contributed by atoms with E-state index >= 15 is 0 Å². The number of benzene rings is 1. The van der Waals surface area contributed by atoms with Crippen LogP contribution in [-0.2, 0) is 21.5 Å². The van der Waals surface area contributed by atoms with Gasteiger partial charge in [0.1, 0.15) is 23.9 Å². The average molecular weight is 447 g/mol. The number of nitrogens with zero attached hydrogens (tertiary/aromatic N) is 2. The second-order valence-corrected chi connectivity index (χ2v) is 8.12. The molecule has 0 atom stereocenters. The first-order valence-electron chi connectivity index (χ1n) is 8.67. The predicted molar refractivity (Wildman–Crippen MR) is 96.7 cm³/mol. The molecule has 0 amide bonds. The predicted octanol–water partition coefficient (Wildman–Crippen LogP) is 3.12. The van der Waals surface area contributed by atoms with Gasteiger partial charge in [-0.15, -0.1) is 13.2 Å². The van der Waals surface area contributed by atoms with Crippen LogP contribution in [0.3, 0.4) is 0 Å². The number of hydrogen-bond donors (Lipinski definition) is 1. The van der Waals surface area contributed by atoms with Gasteiger partial charge in [0.25, 0.3) is 0 Å². The first-order valence-corrected chi connectivity index (χ1v) is 10.1. The monoisotopic (exact) mass is 447 g/mol. The smallest absolute Gasteiger partial charge is 0.406 e. The fraction of sp³-hybridized carbons (Fsp3) is 0.278. The number of pyridine rings is 1. The molecule has 7 nitrogen and oxygen atoms in total. The normalized spacial score (nSPS) is 15.5. The van der Waals surface area contributed by atoms with Gasteiger partial charge in [0, 0.05) is 31.4 Å². The summed E-state index contributed by atoms with van der Waals surface area (Å²) in [6.07, 6.45) is -1.52. The Bertz CT molecular complexity index is 1010. The summed E-state index contributed by atoms with van der Waals surface area (Å²) in [7, 11) is -3.89. The number of ether oxygens (including phenoxy) is 1. The minimum atomic E-state index is -4.86. The van der Waals surface area contributed by atoms with E-state index in [4.69, 9.17) is 4.84 Å². The van der Waals surface area contributed by atoms with Gasteiger partial charge < -0.3 is 4.74 Å². The van der Waals surface area contributed by atoms with E-state index < -0.39 is 28.0 Å². The van der Waals surface area contributed by atoms with Crippen LogP contribution in [-0.4, -0.2) is 37.2 Å². The molecule has 0 spiro atoms. The highest BCUT2D eigenvalue weighted by Crippen LogP contribution is 2.26. The summed E-state index contributed by atoms with van der Waals surface area (Å²) in [5.41, 5.74) is 3.39. The highest BCUT2D eigenvalue weighted by Gasteiger charge is 2.31. The number of rotatable bonds is 7. The summed E-state index contributed by atoms with van der Waals surface area (Å²) in [6.45, 7) is 0.0500. The fourth-order valence-electron chi connectivity index (χ4n) is 2.65. The molecule has 162 valence electrons. The molecule has 0 saturated carbocycles. The second kappa shape index (κ2) is 8.98. The van der Waals surface area contributed by atoms with Crippen LogP contribution in [0.1, 0.15) is 12.1 Å². The highest BCUT2D eigenvalue weighted by molar-refractivity contribution is 7.89. The minimum absolute atomic E-state index is 0.0345. The number of sulfonamides is 1. The van der Waals surface area contributed by atoms with E-state index in [-0.39, 0.29) is 30.3 Å². The summed E-state index contributed by atoms with van der Waals surface area (Å²) >= 11 is 0. The van der Waals surface area contributed by atoms with Gasteiger partial charge in [-0.05, 0) is 42.5 Å². The van der Waals surface area contributed by atoms with E-state index in [1.807, 2.05) is 0 Å². The highest BCUT2D eigenvalue weighted by atomic mass is 32.2. The van der Waals surface area contributed by atoms with Crippen molar-refractivity contribution in [2.24, 2.45) is 0 Å². The number of nitrogens with one attached hydrogen (secondary N) is 1. The Morgan fingerprint density at radius 3 is 2.50 bits per heavy atom. The lowest BCUT2D eigenvalue weighted by Crippen LogP contribution is -2.36. The van der Waals surface area contributed by atoms with Crippen molar-refractivity contribution in [1.29, 1.82) is 0 Å². The molecule has 0 bridgehead atoms. The Morgan fingerprint density at radius 1 is 1.17 bits per heavy atom. The topological polar surface area (TPSA) is 80.8 Å². The van der Waals surface area contributed by atoms with Crippen LogP contribution < -0.4 is 10.2 Å². The van der Waals surface area contributed by atoms with Crippen molar-refractivity contribution in [2.45, 2.75) is 24.3 Å². The molecule has 30 heavy (non-hydrogen) atoms. The number of hydroxylamine groups is 1. The van der Waals surface area contributed by atoms with Gasteiger partial charge >= 0.3 is 6.36 Å². The lowest BCUT2D eigenvalue weighted by atomic mass is 10.2. The zero-order valence-electron chi connectivity index (χ0n) is 15.4. The maximum absolute atomic E-state index is 13.5. The van der Waals surface area contributed by atoms with E-state index in [0.29, 0.717) is 12.1 Å². The van der Waals surface area contributed by atoms with Gasteiger partial charge in [0.2, 0.25) is 10.0 Å². The van der Waals surface area contributed by atoms with Gasteiger partial charge in [0.05, 0.1) is 4.90 Å². The zero-order chi connectivity index (χ0) is 21.8. The van der Waals surface area contributed by atoms with E-state index in [2.05, 4.69) is 15.2 Å². The van der Waals surface area contributed by atoms with Gasteiger partial charge in [0.15, 0.2) is 0 Å². The lowest BCUT2D eigenvalue weighted by molar-refractivity contribution is -0.274. The maximum atomic E-state index is 13.5. The van der Waals surface area contributed by atoms with Crippen molar-refractivity contribution in [2.75, 3.05) is 13.1 Å². The Morgan fingerprint density at radius 2 is 1.90 bits per heavy atom. The standard InChI is InChI=1S/C18H17F4N3O4S/c19-16-2-1-9-23-17(16)12-28-24-13-7-10-25(11-8-13)30(26,27)15-5-3-14(4-6-15)29-18(20,21)22/h1-7,9,24H,8,10-12H2. The molecule has 3 rings (SSSR count). The molecule has 0 saturated heterocycles. The van der Waals surface area contributed by atoms with Crippen LogP contribution in [0.4, 0.5) is 17.6 Å². The van der Waals surface area contributed by atoms with E-state index in [0.717, 1.165) is 24.3 Å². The summed E-state index contributed by atoms with van der Waals surface area (Å²) in [5, 5.41) is 0. The SMILES string of the molecule is O=S(=O)(c1ccc(OC(F)(F)F)cc1)N1CC=C(NOCc2ncccc2F)CC1. The molecule has 2 aromatic rings. The van der Waals surface area contributed by atoms with Crippen molar-refractivity contribution in [3.05, 3.63) is 65.9 Å². The third kappa shape index (κ3) is 5.68. The molecule has 0 aliphatic carbocycles. The maximum Gasteiger partial charge on any atom is 0.573 e. The summed E-state index contributed by atoms with van der Waals surface area (Å²) in [4.78, 5) is 8.90. The molecular weight excluding hydrogens is 430 g/mol. The number of aromatic nitrogens is 1. The lowest BCUT2D eigenvalue weighted by Gasteiger charge is -2.26. The van der Waals surface area contributed by atoms with E-state index in [1.165, 1.54) is 22.6 Å². The van der Waals surface area contributed by atoms with Crippen LogP contribution in [0, 0.1) is 5.82 Å². The Kier molecular flexibility index (Phi) is 6.58. The molecule has 1 N–H and O–H groups in total. The third-order valence-electron chi connectivity index (χ3n) is 4.11. The molecule has 1 aromatic heterocycles. The molecule has 0 unspecified atom stereocenters. The van der Waals surface area contributed by atoms with E-state index in [1.54, 1.807) is 6.08 Å². The average Bonchev–Trinajstić information content (AvgIpc) is 2.69. The first-order chi connectivity index (χ1) is 14.1. The second-order valence-electron chi connectivity index (χ2n) is 6.18. The largest absolute Gasteiger partial charge is 0.573 e. The molecule has 0 radical (unpaired) electrons. The number of halogens is 4. The fourth-order valence-corrected chi connectivity index (χ4v) is 4.03. The van der Waals surface area contributed by atoms with Crippen LogP contribution in [0.15, 0.2) is 59.3 Å². The summed E-state index contributed by atoms with van der Waals surface area (Å²) in [5.74, 6) is -1.01. The van der Waals surface area contributed by atoms with Crippen molar-refractivity contribution < 1.29 is 35.6 Å². The quantitative estimate of drug-likeness (QED) is 0.519. The Labute approximate surface area is 169 Å². The molecule has 0 fully saturated rings. The minimum Gasteiger partial charge on any atom is -0.406 e. The Balaban J connectivity index is 1.56. The van der Waals surface area contributed by atoms with Crippen LogP contribution >= 0.6 is 0 Å². The van der Waals surface area contributed by atoms with Crippen LogP contribution in [0.2, 0.25) is 0 Å². The molecule has 12 heteroatoms. The van der Waals surface area contributed by atoms with Crippen molar-refractivity contribution >= 4 is 10.0 Å². The number of alkyl halides is 3. The van der Waals surface area contributed by atoms with Crippen molar-refractivity contribution in [1.82, 2.24) is 14.8 Å². The molecule has 2 heterocycles. The molecule has 1 aliphatic rings. The van der Waals surface area contributed by atoms with E-state index in [9.17, 15) is 26.0 Å². The molecular formula is C18H17F4N3O4S. The van der Waals surface area contributed by atoms with Gasteiger partial charge in [-0.2, -0.15) is 4.31 Å². The number of hydrogen-bond acceptors (Lipinski definition) is 6. The van der Waals surface area contributed by atoms with Gasteiger partial charge in [-0.25, -0.2) is 12.8 Å². The first kappa shape index (κ1) is 22.0. The summed E-state index contributed by atoms with van der Waals surface area (Å²) in [6, 6.07) is 6.71. The molecule has 1 aromatic carbocycles. The van der Waals surface area contributed by atoms with Crippen LogP contribution in [0.25, 0.3) is 0 Å². The zero-order valence-corrected chi connectivity index (χ0v) is 16.2. The van der Waals surface area contributed by atoms with Gasteiger partial charge in [-0.1, -0.05) is 0 Å². The molecule has 1 aliphatic heterocycles. The van der Waals surface area contributed by atoms with Gasteiger partial charge in [-0.3, -0.25) is 15.3 Å². The van der Waals surface area contributed by atoms with Crippen molar-refractivity contribution in [3.63, 3.8) is 0 Å². The Hall–Kier alpha value is -2.70. The third-order valence-corrected chi connectivity index (χ3v) is 5.99. The summed E-state index contributed by atoms with van der Waals surface area (Å²) < 4.78 is 80.4. The van der Waals surface area contributed by atoms with Crippen LogP contribution in [0.5, 0.6) is 5.75 Å².